The summed E-state index contributed by atoms with van der Waals surface area (Å²) >= 11 is 0. The molecule has 8 heteroatoms. The third-order valence-corrected chi connectivity index (χ3v) is 7.91. The summed E-state index contributed by atoms with van der Waals surface area (Å²) in [5.74, 6) is 0.215. The monoisotopic (exact) mass is 524 g/mol. The summed E-state index contributed by atoms with van der Waals surface area (Å²) in [6.07, 6.45) is 0.692. The van der Waals surface area contributed by atoms with Gasteiger partial charge in [0.2, 0.25) is 5.95 Å². The molecule has 2 aliphatic rings. The SMILES string of the molecule is COC(=O)c1ccccc1NC(C)c1cc(C)cc2c(=O)n([C@H]3C[C@@H](O)C3)c(N3Cc4ccccc4C3)nc12. The van der Waals surface area contributed by atoms with Crippen molar-refractivity contribution in [1.82, 2.24) is 9.55 Å². The van der Waals surface area contributed by atoms with Crippen molar-refractivity contribution in [2.24, 2.45) is 0 Å². The number of aliphatic hydroxyl groups excluding tert-OH is 1. The fourth-order valence-corrected chi connectivity index (χ4v) is 5.80. The lowest BCUT2D eigenvalue weighted by atomic mass is 9.89. The van der Waals surface area contributed by atoms with Crippen LogP contribution >= 0.6 is 0 Å². The molecular formula is C31H32N4O4. The maximum absolute atomic E-state index is 14.1. The summed E-state index contributed by atoms with van der Waals surface area (Å²) in [4.78, 5) is 33.8. The Morgan fingerprint density at radius 2 is 1.74 bits per heavy atom. The zero-order valence-electron chi connectivity index (χ0n) is 22.3. The van der Waals surface area contributed by atoms with Gasteiger partial charge in [0.25, 0.3) is 5.56 Å². The molecule has 1 aliphatic heterocycles. The van der Waals surface area contributed by atoms with E-state index >= 15 is 0 Å². The van der Waals surface area contributed by atoms with Crippen LogP contribution in [0, 0.1) is 6.92 Å². The molecule has 1 saturated carbocycles. The number of benzene rings is 3. The summed E-state index contributed by atoms with van der Waals surface area (Å²) in [5.41, 5.74) is 5.93. The Bertz CT molecular complexity index is 1610. The number of carbonyl (C=O) groups is 1. The molecular weight excluding hydrogens is 492 g/mol. The van der Waals surface area contributed by atoms with E-state index in [0.717, 1.165) is 11.1 Å². The first-order chi connectivity index (χ1) is 18.8. The molecule has 1 aromatic heterocycles. The van der Waals surface area contributed by atoms with Gasteiger partial charge in [-0.15, -0.1) is 0 Å². The van der Waals surface area contributed by atoms with Crippen LogP contribution in [0.1, 0.15) is 64.5 Å². The summed E-state index contributed by atoms with van der Waals surface area (Å²) in [6.45, 7) is 5.32. The summed E-state index contributed by atoms with van der Waals surface area (Å²) < 4.78 is 6.77. The number of esters is 1. The predicted molar refractivity (Wildman–Crippen MR) is 151 cm³/mol. The topological polar surface area (TPSA) is 96.7 Å². The molecule has 4 aromatic rings. The number of ether oxygens (including phenoxy) is 1. The molecule has 0 amide bonds. The zero-order valence-corrected chi connectivity index (χ0v) is 22.3. The highest BCUT2D eigenvalue weighted by molar-refractivity contribution is 5.95. The average molecular weight is 525 g/mol. The van der Waals surface area contributed by atoms with Gasteiger partial charge in [0, 0.05) is 30.4 Å². The van der Waals surface area contributed by atoms with E-state index in [1.807, 2.05) is 50.2 Å². The van der Waals surface area contributed by atoms with E-state index < -0.39 is 12.1 Å². The number of nitrogens with zero attached hydrogens (tertiary/aromatic N) is 3. The fourth-order valence-electron chi connectivity index (χ4n) is 5.80. The Morgan fingerprint density at radius 1 is 1.08 bits per heavy atom. The van der Waals surface area contributed by atoms with Gasteiger partial charge in [-0.1, -0.05) is 42.5 Å². The van der Waals surface area contributed by atoms with Gasteiger partial charge in [-0.2, -0.15) is 0 Å². The van der Waals surface area contributed by atoms with Gasteiger partial charge >= 0.3 is 5.97 Å². The smallest absolute Gasteiger partial charge is 0.339 e. The van der Waals surface area contributed by atoms with E-state index in [4.69, 9.17) is 9.72 Å². The predicted octanol–water partition coefficient (Wildman–Crippen LogP) is 4.88. The Labute approximate surface area is 226 Å². The number of nitrogens with one attached hydrogen (secondary N) is 1. The van der Waals surface area contributed by atoms with Crippen molar-refractivity contribution in [3.8, 4) is 0 Å². The van der Waals surface area contributed by atoms with Crippen LogP contribution in [0.3, 0.4) is 0 Å². The van der Waals surface area contributed by atoms with Crippen molar-refractivity contribution in [3.05, 3.63) is 98.8 Å². The molecule has 0 saturated heterocycles. The lowest BCUT2D eigenvalue weighted by molar-refractivity contribution is 0.0474. The number of carbonyl (C=O) groups excluding carboxylic acids is 1. The van der Waals surface area contributed by atoms with Gasteiger partial charge in [0.15, 0.2) is 0 Å². The van der Waals surface area contributed by atoms with Gasteiger partial charge < -0.3 is 20.1 Å². The second kappa shape index (κ2) is 9.85. The lowest BCUT2D eigenvalue weighted by Gasteiger charge is -2.36. The zero-order chi connectivity index (χ0) is 27.3. The molecule has 1 fully saturated rings. The number of aliphatic hydroxyl groups is 1. The van der Waals surface area contributed by atoms with Crippen molar-refractivity contribution < 1.29 is 14.6 Å². The molecule has 0 spiro atoms. The highest BCUT2D eigenvalue weighted by Crippen LogP contribution is 2.37. The molecule has 2 N–H and O–H groups in total. The number of aromatic nitrogens is 2. The molecule has 0 bridgehead atoms. The molecule has 3 aromatic carbocycles. The minimum Gasteiger partial charge on any atom is -0.465 e. The molecule has 1 atom stereocenters. The van der Waals surface area contributed by atoms with Crippen molar-refractivity contribution in [1.29, 1.82) is 0 Å². The molecule has 1 unspecified atom stereocenters. The summed E-state index contributed by atoms with van der Waals surface area (Å²) in [6, 6.07) is 19.1. The van der Waals surface area contributed by atoms with Crippen LogP contribution in [0.4, 0.5) is 11.6 Å². The lowest BCUT2D eigenvalue weighted by Crippen LogP contribution is -2.40. The first kappa shape index (κ1) is 25.1. The number of hydrogen-bond acceptors (Lipinski definition) is 7. The number of hydrogen-bond donors (Lipinski definition) is 2. The fraction of sp³-hybridized carbons (Fsp3) is 0.323. The normalized spacial score (nSPS) is 18.9. The maximum atomic E-state index is 14.1. The Hall–Kier alpha value is -4.17. The molecule has 2 heterocycles. The second-order valence-corrected chi connectivity index (χ2v) is 10.6. The van der Waals surface area contributed by atoms with E-state index in [0.29, 0.717) is 54.0 Å². The Morgan fingerprint density at radius 3 is 2.41 bits per heavy atom. The van der Waals surface area contributed by atoms with Crippen LogP contribution in [0.25, 0.3) is 10.9 Å². The van der Waals surface area contributed by atoms with Crippen molar-refractivity contribution in [2.45, 2.75) is 58.0 Å². The van der Waals surface area contributed by atoms with Crippen molar-refractivity contribution in [2.75, 3.05) is 17.3 Å². The number of fused-ring (bicyclic) bond motifs is 2. The van der Waals surface area contributed by atoms with Crippen molar-refractivity contribution >= 4 is 28.5 Å². The van der Waals surface area contributed by atoms with Gasteiger partial charge in [0.05, 0.1) is 35.7 Å². The molecule has 6 rings (SSSR count). The number of para-hydroxylation sites is 1. The van der Waals surface area contributed by atoms with E-state index in [-0.39, 0.29) is 17.6 Å². The standard InChI is InChI=1S/C31H32N4O4/c1-18-12-25(19(2)32-27-11-7-6-10-24(27)30(38)39-3)28-26(13-18)29(37)35(22-14-23(36)15-22)31(33-28)34-16-20-8-4-5-9-21(20)17-34/h4-13,19,22-23,32,36H,14-17H2,1-3H3/t19?,22-,23+. The second-order valence-electron chi connectivity index (χ2n) is 10.6. The van der Waals surface area contributed by atoms with Crippen LogP contribution in [-0.4, -0.2) is 33.8 Å². The molecule has 200 valence electrons. The van der Waals surface area contributed by atoms with Gasteiger partial charge in [-0.3, -0.25) is 9.36 Å². The van der Waals surface area contributed by atoms with E-state index in [9.17, 15) is 14.7 Å². The molecule has 0 radical (unpaired) electrons. The molecule has 39 heavy (non-hydrogen) atoms. The number of rotatable bonds is 6. The van der Waals surface area contributed by atoms with Crippen LogP contribution in [0.2, 0.25) is 0 Å². The highest BCUT2D eigenvalue weighted by atomic mass is 16.5. The third-order valence-electron chi connectivity index (χ3n) is 7.91. The van der Waals surface area contributed by atoms with Gasteiger partial charge in [-0.05, 0) is 61.6 Å². The first-order valence-corrected chi connectivity index (χ1v) is 13.3. The summed E-state index contributed by atoms with van der Waals surface area (Å²) in [7, 11) is 1.37. The minimum atomic E-state index is -0.418. The molecule has 1 aliphatic carbocycles. The van der Waals surface area contributed by atoms with Crippen LogP contribution < -0.4 is 15.8 Å². The van der Waals surface area contributed by atoms with Gasteiger partial charge in [0.1, 0.15) is 0 Å². The Balaban J connectivity index is 1.48. The molecule has 8 nitrogen and oxygen atoms in total. The largest absolute Gasteiger partial charge is 0.465 e. The third kappa shape index (κ3) is 4.44. The average Bonchev–Trinajstić information content (AvgIpc) is 3.35. The number of aryl methyl sites for hydroxylation is 1. The number of anilines is 2. The van der Waals surface area contributed by atoms with Crippen LogP contribution in [-0.2, 0) is 17.8 Å². The van der Waals surface area contributed by atoms with E-state index in [1.54, 1.807) is 16.7 Å². The van der Waals surface area contributed by atoms with Crippen LogP contribution in [0.15, 0.2) is 65.5 Å². The van der Waals surface area contributed by atoms with E-state index in [2.05, 4.69) is 22.3 Å². The quantitative estimate of drug-likeness (QED) is 0.347. The van der Waals surface area contributed by atoms with E-state index in [1.165, 1.54) is 18.2 Å². The highest BCUT2D eigenvalue weighted by Gasteiger charge is 2.35. The summed E-state index contributed by atoms with van der Waals surface area (Å²) in [5, 5.41) is 14.1. The van der Waals surface area contributed by atoms with Crippen molar-refractivity contribution in [3.63, 3.8) is 0 Å². The minimum absolute atomic E-state index is 0.0880. The van der Waals surface area contributed by atoms with Crippen LogP contribution in [0.5, 0.6) is 0 Å². The number of methoxy groups -OCH3 is 1. The maximum Gasteiger partial charge on any atom is 0.339 e. The Kier molecular flexibility index (Phi) is 6.35. The van der Waals surface area contributed by atoms with Gasteiger partial charge in [-0.25, -0.2) is 9.78 Å². The first-order valence-electron chi connectivity index (χ1n) is 13.3.